The number of carbonyl (C=O) groups excluding carboxylic acids is 2. The maximum absolute atomic E-state index is 12.3. The van der Waals surface area contributed by atoms with Crippen LogP contribution >= 0.6 is 0 Å². The van der Waals surface area contributed by atoms with Gasteiger partial charge in [0.05, 0.1) is 0 Å². The van der Waals surface area contributed by atoms with Gasteiger partial charge in [0.2, 0.25) is 5.91 Å². The van der Waals surface area contributed by atoms with Crippen LogP contribution in [0.3, 0.4) is 0 Å². The lowest BCUT2D eigenvalue weighted by molar-refractivity contribution is -0.128. The minimum Gasteiger partial charge on any atom is -0.369 e. The summed E-state index contributed by atoms with van der Waals surface area (Å²) in [7, 11) is 0. The molecule has 1 aliphatic carbocycles. The molecular formula is C16H13NO2. The smallest absolute Gasteiger partial charge is 0.232 e. The molecule has 0 bridgehead atoms. The number of benzene rings is 2. The molecule has 3 nitrogen and oxygen atoms in total. The van der Waals surface area contributed by atoms with E-state index >= 15 is 0 Å². The molecule has 0 spiro atoms. The fourth-order valence-corrected chi connectivity index (χ4v) is 2.71. The summed E-state index contributed by atoms with van der Waals surface area (Å²) in [6.45, 7) is 0. The molecule has 0 radical (unpaired) electrons. The van der Waals surface area contributed by atoms with Crippen molar-refractivity contribution in [2.75, 3.05) is 0 Å². The lowest BCUT2D eigenvalue weighted by atomic mass is 9.90. The predicted octanol–water partition coefficient (Wildman–Crippen LogP) is 2.05. The standard InChI is InChI=1S/C16H13NO2/c17-16(19)15-13-8-4-3-7-12(13)11-6-2-1-5-10(11)9-14(15)18/h1-8,15H,9H2,(H2,17,19). The molecule has 0 aromatic heterocycles. The van der Waals surface area contributed by atoms with Crippen LogP contribution in [0.5, 0.6) is 0 Å². The molecule has 3 heteroatoms. The zero-order valence-corrected chi connectivity index (χ0v) is 10.3. The van der Waals surface area contributed by atoms with Gasteiger partial charge in [-0.1, -0.05) is 48.5 Å². The van der Waals surface area contributed by atoms with Crippen molar-refractivity contribution in [1.29, 1.82) is 0 Å². The first-order valence-electron chi connectivity index (χ1n) is 6.17. The summed E-state index contributed by atoms with van der Waals surface area (Å²) < 4.78 is 0. The molecule has 94 valence electrons. The van der Waals surface area contributed by atoms with Crippen LogP contribution in [0.4, 0.5) is 0 Å². The Balaban J connectivity index is 2.32. The number of hydrogen-bond donors (Lipinski definition) is 1. The molecule has 0 saturated carbocycles. The lowest BCUT2D eigenvalue weighted by Gasteiger charge is -2.13. The van der Waals surface area contributed by atoms with Crippen molar-refractivity contribution in [3.63, 3.8) is 0 Å². The Hall–Kier alpha value is -2.42. The van der Waals surface area contributed by atoms with Gasteiger partial charge in [0, 0.05) is 6.42 Å². The van der Waals surface area contributed by atoms with Gasteiger partial charge in [-0.15, -0.1) is 0 Å². The minimum atomic E-state index is -0.844. The SMILES string of the molecule is NC(=O)C1C(=O)Cc2ccccc2-c2ccccc21. The summed E-state index contributed by atoms with van der Waals surface area (Å²) in [6.07, 6.45) is 0.248. The van der Waals surface area contributed by atoms with Gasteiger partial charge in [-0.05, 0) is 22.3 Å². The quantitative estimate of drug-likeness (QED) is 0.788. The largest absolute Gasteiger partial charge is 0.369 e. The maximum atomic E-state index is 12.3. The van der Waals surface area contributed by atoms with Crippen LogP contribution < -0.4 is 5.73 Å². The Kier molecular flexibility index (Phi) is 2.67. The summed E-state index contributed by atoms with van der Waals surface area (Å²) in [4.78, 5) is 23.9. The molecule has 1 atom stereocenters. The fourth-order valence-electron chi connectivity index (χ4n) is 2.71. The number of nitrogens with two attached hydrogens (primary N) is 1. The third-order valence-corrected chi connectivity index (χ3v) is 3.55. The second kappa shape index (κ2) is 4.35. The number of hydrogen-bond acceptors (Lipinski definition) is 2. The van der Waals surface area contributed by atoms with Gasteiger partial charge >= 0.3 is 0 Å². The molecule has 0 fully saturated rings. The van der Waals surface area contributed by atoms with Gasteiger partial charge in [-0.2, -0.15) is 0 Å². The molecule has 1 unspecified atom stereocenters. The molecule has 0 heterocycles. The van der Waals surface area contributed by atoms with E-state index in [1.54, 1.807) is 0 Å². The van der Waals surface area contributed by atoms with Crippen molar-refractivity contribution in [1.82, 2.24) is 0 Å². The lowest BCUT2D eigenvalue weighted by Crippen LogP contribution is -2.28. The van der Waals surface area contributed by atoms with Gasteiger partial charge in [0.25, 0.3) is 0 Å². The van der Waals surface area contributed by atoms with Crippen molar-refractivity contribution in [3.8, 4) is 11.1 Å². The average molecular weight is 251 g/mol. The first-order chi connectivity index (χ1) is 9.18. The van der Waals surface area contributed by atoms with Gasteiger partial charge in [-0.25, -0.2) is 0 Å². The van der Waals surface area contributed by atoms with Gasteiger partial charge < -0.3 is 5.73 Å². The van der Waals surface area contributed by atoms with Crippen molar-refractivity contribution in [3.05, 3.63) is 59.7 Å². The molecule has 2 aromatic rings. The maximum Gasteiger partial charge on any atom is 0.232 e. The topological polar surface area (TPSA) is 60.2 Å². The molecule has 2 aromatic carbocycles. The third-order valence-electron chi connectivity index (χ3n) is 3.55. The first-order valence-corrected chi connectivity index (χ1v) is 6.17. The van der Waals surface area contributed by atoms with Gasteiger partial charge in [0.1, 0.15) is 5.92 Å². The van der Waals surface area contributed by atoms with E-state index in [-0.39, 0.29) is 12.2 Å². The van der Waals surface area contributed by atoms with Crippen molar-refractivity contribution < 1.29 is 9.59 Å². The van der Waals surface area contributed by atoms with E-state index in [1.807, 2.05) is 48.5 Å². The number of primary amides is 1. The van der Waals surface area contributed by atoms with E-state index in [9.17, 15) is 9.59 Å². The Morgan fingerprint density at radius 1 is 1.00 bits per heavy atom. The molecule has 0 aliphatic heterocycles. The van der Waals surface area contributed by atoms with E-state index in [4.69, 9.17) is 5.73 Å². The van der Waals surface area contributed by atoms with E-state index < -0.39 is 11.8 Å². The monoisotopic (exact) mass is 251 g/mol. The highest BCUT2D eigenvalue weighted by atomic mass is 16.2. The minimum absolute atomic E-state index is 0.134. The van der Waals surface area contributed by atoms with Crippen LogP contribution in [0.2, 0.25) is 0 Å². The first kappa shape index (κ1) is 11.7. The highest BCUT2D eigenvalue weighted by Gasteiger charge is 2.32. The number of ketones is 1. The summed E-state index contributed by atoms with van der Waals surface area (Å²) >= 11 is 0. The summed E-state index contributed by atoms with van der Waals surface area (Å²) in [5.74, 6) is -1.56. The summed E-state index contributed by atoms with van der Waals surface area (Å²) in [5, 5.41) is 0. The molecular weight excluding hydrogens is 238 g/mol. The van der Waals surface area contributed by atoms with E-state index in [0.717, 1.165) is 16.7 Å². The fraction of sp³-hybridized carbons (Fsp3) is 0.125. The summed E-state index contributed by atoms with van der Waals surface area (Å²) in [6, 6.07) is 15.2. The zero-order chi connectivity index (χ0) is 13.4. The third kappa shape index (κ3) is 1.83. The molecule has 19 heavy (non-hydrogen) atoms. The number of amides is 1. The normalized spacial score (nSPS) is 17.3. The zero-order valence-electron chi connectivity index (χ0n) is 10.3. The van der Waals surface area contributed by atoms with Crippen molar-refractivity contribution >= 4 is 11.7 Å². The molecule has 0 saturated heterocycles. The Morgan fingerprint density at radius 3 is 2.37 bits per heavy atom. The van der Waals surface area contributed by atoms with Crippen LogP contribution in [0.15, 0.2) is 48.5 Å². The highest BCUT2D eigenvalue weighted by Crippen LogP contribution is 2.36. The Morgan fingerprint density at radius 2 is 1.63 bits per heavy atom. The Labute approximate surface area is 111 Å². The van der Waals surface area contributed by atoms with Gasteiger partial charge in [-0.3, -0.25) is 9.59 Å². The van der Waals surface area contributed by atoms with Gasteiger partial charge in [0.15, 0.2) is 5.78 Å². The average Bonchev–Trinajstić information content (AvgIpc) is 2.52. The molecule has 3 rings (SSSR count). The Bertz CT molecular complexity index is 676. The second-order valence-electron chi connectivity index (χ2n) is 4.72. The number of Topliss-reactive ketones (excluding diaryl/α,β-unsaturated/α-hetero) is 1. The van der Waals surface area contributed by atoms with E-state index in [1.165, 1.54) is 0 Å². The van der Waals surface area contributed by atoms with E-state index in [0.29, 0.717) is 5.56 Å². The van der Waals surface area contributed by atoms with Crippen LogP contribution in [0.25, 0.3) is 11.1 Å². The van der Waals surface area contributed by atoms with Crippen LogP contribution in [0, 0.1) is 0 Å². The van der Waals surface area contributed by atoms with Crippen LogP contribution in [-0.2, 0) is 16.0 Å². The summed E-state index contributed by atoms with van der Waals surface area (Å²) in [5.41, 5.74) is 9.01. The second-order valence-corrected chi connectivity index (χ2v) is 4.72. The number of carbonyl (C=O) groups is 2. The van der Waals surface area contributed by atoms with Crippen molar-refractivity contribution in [2.24, 2.45) is 5.73 Å². The predicted molar refractivity (Wildman–Crippen MR) is 72.5 cm³/mol. The molecule has 1 amide bonds. The highest BCUT2D eigenvalue weighted by molar-refractivity contribution is 6.09. The van der Waals surface area contributed by atoms with E-state index in [2.05, 4.69) is 0 Å². The number of rotatable bonds is 1. The number of fused-ring (bicyclic) bond motifs is 3. The van der Waals surface area contributed by atoms with Crippen LogP contribution in [0.1, 0.15) is 17.0 Å². The van der Waals surface area contributed by atoms with Crippen molar-refractivity contribution in [2.45, 2.75) is 12.3 Å². The van der Waals surface area contributed by atoms with Crippen LogP contribution in [-0.4, -0.2) is 11.7 Å². The molecule has 2 N–H and O–H groups in total. The molecule has 1 aliphatic rings.